The first kappa shape index (κ1) is 21.2. The molecule has 0 aliphatic heterocycles. The van der Waals surface area contributed by atoms with E-state index < -0.39 is 12.1 Å². The molecule has 1 fully saturated rings. The summed E-state index contributed by atoms with van der Waals surface area (Å²) in [6.45, 7) is 4.83. The molecule has 3 rings (SSSR count). The van der Waals surface area contributed by atoms with Gasteiger partial charge in [0.25, 0.3) is 0 Å². The minimum Gasteiger partial charge on any atom is -0.444 e. The lowest BCUT2D eigenvalue weighted by Gasteiger charge is -2.31. The zero-order chi connectivity index (χ0) is 20.9. The minimum atomic E-state index is -4.14. The number of aromatic nitrogens is 1. The Hall–Kier alpha value is -2.51. The summed E-state index contributed by atoms with van der Waals surface area (Å²) >= 11 is 0. The molecule has 2 N–H and O–H groups in total. The Morgan fingerprint density at radius 3 is 2.69 bits per heavy atom. The van der Waals surface area contributed by atoms with E-state index in [-0.39, 0.29) is 25.4 Å². The lowest BCUT2D eigenvalue weighted by molar-refractivity contribution is -0.183. The second-order valence-corrected chi connectivity index (χ2v) is 7.45. The van der Waals surface area contributed by atoms with Crippen molar-refractivity contribution in [2.75, 3.05) is 6.54 Å². The van der Waals surface area contributed by atoms with E-state index in [1.54, 1.807) is 6.26 Å². The average molecular weight is 408 g/mol. The zero-order valence-corrected chi connectivity index (χ0v) is 16.7. The summed E-state index contributed by atoms with van der Waals surface area (Å²) in [7, 11) is 0. The molecule has 1 aliphatic carbocycles. The van der Waals surface area contributed by atoms with Crippen molar-refractivity contribution in [3.8, 4) is 11.5 Å². The van der Waals surface area contributed by atoms with Crippen LogP contribution in [0.4, 0.5) is 13.2 Å². The van der Waals surface area contributed by atoms with Gasteiger partial charge >= 0.3 is 6.18 Å². The number of oxazole rings is 1. The van der Waals surface area contributed by atoms with Crippen molar-refractivity contribution >= 4 is 5.96 Å². The summed E-state index contributed by atoms with van der Waals surface area (Å²) < 4.78 is 44.7. The number of benzene rings is 1. The SMILES string of the molecule is CCNC(=NCc1coc(-c2ccc(C)cc2)n1)NC1CCCC(C(F)(F)F)C1. The molecular weight excluding hydrogens is 381 g/mol. The fourth-order valence-corrected chi connectivity index (χ4v) is 3.50. The highest BCUT2D eigenvalue weighted by Crippen LogP contribution is 2.37. The molecule has 1 aromatic heterocycles. The maximum absolute atomic E-state index is 13.0. The van der Waals surface area contributed by atoms with Crippen LogP contribution in [0.2, 0.25) is 0 Å². The van der Waals surface area contributed by atoms with Gasteiger partial charge in [-0.2, -0.15) is 13.2 Å². The Balaban J connectivity index is 1.63. The third kappa shape index (κ3) is 5.98. The van der Waals surface area contributed by atoms with Crippen LogP contribution >= 0.6 is 0 Å². The van der Waals surface area contributed by atoms with Crippen LogP contribution < -0.4 is 10.6 Å². The molecule has 0 bridgehead atoms. The first-order valence-corrected chi connectivity index (χ1v) is 9.98. The van der Waals surface area contributed by atoms with E-state index in [0.717, 1.165) is 11.1 Å². The number of hydrogen-bond donors (Lipinski definition) is 2. The van der Waals surface area contributed by atoms with Crippen LogP contribution in [0.25, 0.3) is 11.5 Å². The summed E-state index contributed by atoms with van der Waals surface area (Å²) in [6, 6.07) is 7.62. The van der Waals surface area contributed by atoms with Gasteiger partial charge in [-0.05, 0) is 45.2 Å². The normalized spacial score (nSPS) is 20.5. The smallest absolute Gasteiger partial charge is 0.391 e. The fraction of sp³-hybridized carbons (Fsp3) is 0.524. The Bertz CT molecular complexity index is 814. The van der Waals surface area contributed by atoms with Gasteiger partial charge in [0.2, 0.25) is 5.89 Å². The number of hydrogen-bond acceptors (Lipinski definition) is 3. The fourth-order valence-electron chi connectivity index (χ4n) is 3.50. The van der Waals surface area contributed by atoms with Gasteiger partial charge in [-0.15, -0.1) is 0 Å². The highest BCUT2D eigenvalue weighted by molar-refractivity contribution is 5.80. The molecule has 0 radical (unpaired) electrons. The zero-order valence-electron chi connectivity index (χ0n) is 16.7. The highest BCUT2D eigenvalue weighted by Gasteiger charge is 2.42. The van der Waals surface area contributed by atoms with Crippen molar-refractivity contribution in [2.45, 2.75) is 58.3 Å². The highest BCUT2D eigenvalue weighted by atomic mass is 19.4. The van der Waals surface area contributed by atoms with Crippen LogP contribution in [-0.4, -0.2) is 29.7 Å². The number of aryl methyl sites for hydroxylation is 1. The van der Waals surface area contributed by atoms with Crippen molar-refractivity contribution < 1.29 is 17.6 Å². The summed E-state index contributed by atoms with van der Waals surface area (Å²) in [4.78, 5) is 8.93. The molecule has 8 heteroatoms. The Morgan fingerprint density at radius 2 is 2.00 bits per heavy atom. The Labute approximate surface area is 168 Å². The maximum Gasteiger partial charge on any atom is 0.391 e. The summed E-state index contributed by atoms with van der Waals surface area (Å²) in [5.41, 5.74) is 2.70. The van der Waals surface area contributed by atoms with Gasteiger partial charge < -0.3 is 15.1 Å². The lowest BCUT2D eigenvalue weighted by Crippen LogP contribution is -2.46. The van der Waals surface area contributed by atoms with Crippen molar-refractivity contribution in [3.63, 3.8) is 0 Å². The Kier molecular flexibility index (Phi) is 6.82. The van der Waals surface area contributed by atoms with Crippen LogP contribution in [0.15, 0.2) is 39.9 Å². The number of alkyl halides is 3. The molecule has 1 aromatic carbocycles. The van der Waals surface area contributed by atoms with E-state index in [0.29, 0.717) is 36.9 Å². The van der Waals surface area contributed by atoms with Gasteiger partial charge in [0.15, 0.2) is 5.96 Å². The minimum absolute atomic E-state index is 0.0788. The number of rotatable bonds is 5. The molecule has 0 saturated heterocycles. The monoisotopic (exact) mass is 408 g/mol. The lowest BCUT2D eigenvalue weighted by atomic mass is 9.85. The molecule has 1 saturated carbocycles. The van der Waals surface area contributed by atoms with Crippen LogP contribution in [0.3, 0.4) is 0 Å². The van der Waals surface area contributed by atoms with Crippen LogP contribution in [0.1, 0.15) is 43.9 Å². The third-order valence-electron chi connectivity index (χ3n) is 5.07. The number of guanidine groups is 1. The van der Waals surface area contributed by atoms with E-state index >= 15 is 0 Å². The van der Waals surface area contributed by atoms with Gasteiger partial charge in [-0.1, -0.05) is 24.1 Å². The van der Waals surface area contributed by atoms with Gasteiger partial charge in [0.1, 0.15) is 12.0 Å². The molecule has 0 amide bonds. The molecule has 0 spiro atoms. The number of nitrogens with one attached hydrogen (secondary N) is 2. The molecule has 2 unspecified atom stereocenters. The van der Waals surface area contributed by atoms with Crippen LogP contribution in [0.5, 0.6) is 0 Å². The van der Waals surface area contributed by atoms with Crippen molar-refractivity contribution in [1.82, 2.24) is 15.6 Å². The Morgan fingerprint density at radius 1 is 1.24 bits per heavy atom. The van der Waals surface area contributed by atoms with Crippen LogP contribution in [0, 0.1) is 12.8 Å². The van der Waals surface area contributed by atoms with Gasteiger partial charge in [0.05, 0.1) is 12.5 Å². The van der Waals surface area contributed by atoms with E-state index in [2.05, 4.69) is 20.6 Å². The molecule has 1 aliphatic rings. The molecule has 1 heterocycles. The maximum atomic E-state index is 13.0. The quantitative estimate of drug-likeness (QED) is 0.550. The standard InChI is InChI=1S/C21H27F3N4O/c1-3-25-20(28-17-6-4-5-16(11-17)21(22,23)24)26-12-18-13-29-19(27-18)15-9-7-14(2)8-10-15/h7-10,13,16-17H,3-6,11-12H2,1-2H3,(H2,25,26,28). The van der Waals surface area contributed by atoms with Gasteiger partial charge in [-0.25, -0.2) is 9.98 Å². The van der Waals surface area contributed by atoms with E-state index in [1.165, 1.54) is 0 Å². The molecule has 2 aromatic rings. The molecule has 5 nitrogen and oxygen atoms in total. The first-order chi connectivity index (χ1) is 13.8. The topological polar surface area (TPSA) is 62.5 Å². The predicted molar refractivity (Wildman–Crippen MR) is 106 cm³/mol. The van der Waals surface area contributed by atoms with Gasteiger partial charge in [0, 0.05) is 18.2 Å². The van der Waals surface area contributed by atoms with Gasteiger partial charge in [-0.3, -0.25) is 0 Å². The van der Waals surface area contributed by atoms with Crippen molar-refractivity contribution in [2.24, 2.45) is 10.9 Å². The van der Waals surface area contributed by atoms with Crippen molar-refractivity contribution in [1.29, 1.82) is 0 Å². The van der Waals surface area contributed by atoms with E-state index in [1.807, 2.05) is 38.1 Å². The van der Waals surface area contributed by atoms with E-state index in [9.17, 15) is 13.2 Å². The second-order valence-electron chi connectivity index (χ2n) is 7.45. The molecule has 29 heavy (non-hydrogen) atoms. The second kappa shape index (κ2) is 9.33. The van der Waals surface area contributed by atoms with Crippen molar-refractivity contribution in [3.05, 3.63) is 41.8 Å². The molecule has 158 valence electrons. The first-order valence-electron chi connectivity index (χ1n) is 9.98. The number of nitrogens with zero attached hydrogens (tertiary/aromatic N) is 2. The summed E-state index contributed by atoms with van der Waals surface area (Å²) in [5, 5.41) is 6.25. The molecular formula is C21H27F3N4O. The molecule has 2 atom stereocenters. The average Bonchev–Trinajstić information content (AvgIpc) is 3.15. The van der Waals surface area contributed by atoms with E-state index in [4.69, 9.17) is 4.42 Å². The predicted octanol–water partition coefficient (Wildman–Crippen LogP) is 4.83. The summed E-state index contributed by atoms with van der Waals surface area (Å²) in [6.07, 6.45) is -1.03. The number of aliphatic imine (C=N–C) groups is 1. The van der Waals surface area contributed by atoms with Crippen LogP contribution in [-0.2, 0) is 6.54 Å². The third-order valence-corrected chi connectivity index (χ3v) is 5.07. The largest absolute Gasteiger partial charge is 0.444 e. The number of halogens is 3. The summed E-state index contributed by atoms with van der Waals surface area (Å²) in [5.74, 6) is -0.224.